The van der Waals surface area contributed by atoms with E-state index in [0.29, 0.717) is 0 Å². The first kappa shape index (κ1) is 15.7. The Morgan fingerprint density at radius 2 is 1.83 bits per heavy atom. The molecule has 0 saturated heterocycles. The van der Waals surface area contributed by atoms with Crippen LogP contribution in [0.25, 0.3) is 11.0 Å². The number of thioether (sulfide) groups is 1. The molecular weight excluding hydrogens is 306 g/mol. The molecule has 2 aromatic carbocycles. The van der Waals surface area contributed by atoms with Crippen molar-refractivity contribution in [2.24, 2.45) is 0 Å². The second-order valence-corrected chi connectivity index (χ2v) is 6.33. The molecule has 1 unspecified atom stereocenters. The Kier molecular flexibility index (Phi) is 4.44. The van der Waals surface area contributed by atoms with Gasteiger partial charge >= 0.3 is 0 Å². The SMILES string of the molecule is CSc1ccccc1C(=O)N(C)C(C)c1cc2ccccc2o1. The summed E-state index contributed by atoms with van der Waals surface area (Å²) < 4.78 is 5.89. The molecule has 3 nitrogen and oxygen atoms in total. The lowest BCUT2D eigenvalue weighted by atomic mass is 10.1. The highest BCUT2D eigenvalue weighted by Gasteiger charge is 2.23. The molecule has 1 atom stereocenters. The van der Waals surface area contributed by atoms with Crippen LogP contribution in [-0.2, 0) is 0 Å². The molecule has 0 aliphatic rings. The molecule has 4 heteroatoms. The number of hydrogen-bond donors (Lipinski definition) is 0. The number of amides is 1. The average molecular weight is 325 g/mol. The Hall–Kier alpha value is -2.20. The fourth-order valence-corrected chi connectivity index (χ4v) is 3.18. The number of fused-ring (bicyclic) bond motifs is 1. The van der Waals surface area contributed by atoms with Gasteiger partial charge in [0.2, 0.25) is 0 Å². The molecule has 0 saturated carbocycles. The van der Waals surface area contributed by atoms with Crippen molar-refractivity contribution in [3.05, 3.63) is 65.9 Å². The van der Waals surface area contributed by atoms with Gasteiger partial charge in [0.25, 0.3) is 5.91 Å². The third kappa shape index (κ3) is 2.99. The number of para-hydroxylation sites is 1. The monoisotopic (exact) mass is 325 g/mol. The number of carbonyl (C=O) groups excluding carboxylic acids is 1. The third-order valence-electron chi connectivity index (χ3n) is 4.10. The van der Waals surface area contributed by atoms with E-state index in [1.165, 1.54) is 0 Å². The van der Waals surface area contributed by atoms with Crippen molar-refractivity contribution in [3.8, 4) is 0 Å². The molecular formula is C19H19NO2S. The van der Waals surface area contributed by atoms with Crippen LogP contribution in [0.2, 0.25) is 0 Å². The Bertz CT molecular complexity index is 807. The van der Waals surface area contributed by atoms with Gasteiger partial charge < -0.3 is 9.32 Å². The lowest BCUT2D eigenvalue weighted by Crippen LogP contribution is -2.29. The van der Waals surface area contributed by atoms with Crippen molar-refractivity contribution >= 4 is 28.6 Å². The van der Waals surface area contributed by atoms with Crippen LogP contribution in [0.5, 0.6) is 0 Å². The Labute approximate surface area is 140 Å². The topological polar surface area (TPSA) is 33.5 Å². The van der Waals surface area contributed by atoms with Crippen LogP contribution in [0.4, 0.5) is 0 Å². The van der Waals surface area contributed by atoms with Crippen LogP contribution in [0.15, 0.2) is 63.9 Å². The summed E-state index contributed by atoms with van der Waals surface area (Å²) in [5.41, 5.74) is 1.57. The number of hydrogen-bond acceptors (Lipinski definition) is 3. The maximum atomic E-state index is 12.8. The first-order chi connectivity index (χ1) is 11.1. The van der Waals surface area contributed by atoms with Crippen molar-refractivity contribution in [1.82, 2.24) is 4.90 Å². The molecule has 0 aliphatic carbocycles. The van der Waals surface area contributed by atoms with Crippen LogP contribution in [-0.4, -0.2) is 24.1 Å². The molecule has 1 amide bonds. The van der Waals surface area contributed by atoms with Gasteiger partial charge in [0, 0.05) is 17.3 Å². The number of furan rings is 1. The van der Waals surface area contributed by atoms with Crippen molar-refractivity contribution < 1.29 is 9.21 Å². The Balaban J connectivity index is 1.89. The van der Waals surface area contributed by atoms with Crippen molar-refractivity contribution in [2.45, 2.75) is 17.9 Å². The molecule has 0 fully saturated rings. The predicted octanol–water partition coefficient (Wildman–Crippen LogP) is 4.99. The first-order valence-electron chi connectivity index (χ1n) is 7.50. The molecule has 0 aliphatic heterocycles. The van der Waals surface area contributed by atoms with Crippen molar-refractivity contribution in [3.63, 3.8) is 0 Å². The fraction of sp³-hybridized carbons (Fsp3) is 0.211. The molecule has 3 aromatic rings. The van der Waals surface area contributed by atoms with Gasteiger partial charge in [0.05, 0.1) is 11.6 Å². The van der Waals surface area contributed by atoms with E-state index in [2.05, 4.69) is 0 Å². The maximum absolute atomic E-state index is 12.8. The summed E-state index contributed by atoms with van der Waals surface area (Å²) in [5.74, 6) is 0.798. The van der Waals surface area contributed by atoms with E-state index in [1.807, 2.05) is 74.8 Å². The largest absolute Gasteiger partial charge is 0.459 e. The molecule has 23 heavy (non-hydrogen) atoms. The molecule has 1 heterocycles. The highest BCUT2D eigenvalue weighted by Crippen LogP contribution is 2.29. The summed E-state index contributed by atoms with van der Waals surface area (Å²) in [4.78, 5) is 15.5. The molecule has 118 valence electrons. The lowest BCUT2D eigenvalue weighted by molar-refractivity contribution is 0.0724. The summed E-state index contributed by atoms with van der Waals surface area (Å²) in [6, 6.07) is 17.4. The van der Waals surface area contributed by atoms with Gasteiger partial charge in [-0.1, -0.05) is 30.3 Å². The molecule has 0 N–H and O–H groups in total. The van der Waals surface area contributed by atoms with Gasteiger partial charge in [-0.25, -0.2) is 0 Å². The van der Waals surface area contributed by atoms with Gasteiger partial charge in [0.15, 0.2) is 0 Å². The van der Waals surface area contributed by atoms with E-state index >= 15 is 0 Å². The second kappa shape index (κ2) is 6.50. The second-order valence-electron chi connectivity index (χ2n) is 5.48. The molecule has 3 rings (SSSR count). The minimum Gasteiger partial charge on any atom is -0.459 e. The quantitative estimate of drug-likeness (QED) is 0.634. The molecule has 0 radical (unpaired) electrons. The standard InChI is InChI=1S/C19H19NO2S/c1-13(17-12-14-8-4-6-10-16(14)22-17)20(2)19(21)15-9-5-7-11-18(15)23-3/h4-13H,1-3H3. The zero-order valence-corrected chi connectivity index (χ0v) is 14.3. The van der Waals surface area contributed by atoms with Gasteiger partial charge in [-0.3, -0.25) is 4.79 Å². The zero-order chi connectivity index (χ0) is 16.4. The summed E-state index contributed by atoms with van der Waals surface area (Å²) in [7, 11) is 1.82. The van der Waals surface area contributed by atoms with Crippen LogP contribution in [0.3, 0.4) is 0 Å². The van der Waals surface area contributed by atoms with E-state index < -0.39 is 0 Å². The van der Waals surface area contributed by atoms with Crippen LogP contribution >= 0.6 is 11.8 Å². The normalized spacial score (nSPS) is 12.3. The fourth-order valence-electron chi connectivity index (χ4n) is 2.59. The van der Waals surface area contributed by atoms with Gasteiger partial charge in [-0.05, 0) is 37.4 Å². The average Bonchev–Trinajstić information content (AvgIpc) is 3.03. The van der Waals surface area contributed by atoms with E-state index in [-0.39, 0.29) is 11.9 Å². The maximum Gasteiger partial charge on any atom is 0.255 e. The van der Waals surface area contributed by atoms with Crippen LogP contribution in [0, 0.1) is 0 Å². The van der Waals surface area contributed by atoms with Gasteiger partial charge in [-0.2, -0.15) is 0 Å². The van der Waals surface area contributed by atoms with Crippen molar-refractivity contribution in [1.29, 1.82) is 0 Å². The highest BCUT2D eigenvalue weighted by atomic mass is 32.2. The molecule has 0 bridgehead atoms. The minimum atomic E-state index is -0.134. The van der Waals surface area contributed by atoms with E-state index in [1.54, 1.807) is 16.7 Å². The number of carbonyl (C=O) groups is 1. The first-order valence-corrected chi connectivity index (χ1v) is 8.73. The third-order valence-corrected chi connectivity index (χ3v) is 4.89. The molecule has 1 aromatic heterocycles. The summed E-state index contributed by atoms with van der Waals surface area (Å²) >= 11 is 1.58. The van der Waals surface area contributed by atoms with Crippen LogP contribution < -0.4 is 0 Å². The van der Waals surface area contributed by atoms with E-state index in [4.69, 9.17) is 4.42 Å². The predicted molar refractivity (Wildman–Crippen MR) is 94.9 cm³/mol. The summed E-state index contributed by atoms with van der Waals surface area (Å²) in [6.07, 6.45) is 1.98. The smallest absolute Gasteiger partial charge is 0.255 e. The number of benzene rings is 2. The lowest BCUT2D eigenvalue weighted by Gasteiger charge is -2.24. The Morgan fingerprint density at radius 1 is 1.13 bits per heavy atom. The van der Waals surface area contributed by atoms with E-state index in [0.717, 1.165) is 27.2 Å². The molecule has 0 spiro atoms. The van der Waals surface area contributed by atoms with E-state index in [9.17, 15) is 4.79 Å². The van der Waals surface area contributed by atoms with Crippen LogP contribution in [0.1, 0.15) is 29.1 Å². The van der Waals surface area contributed by atoms with Gasteiger partial charge in [0.1, 0.15) is 11.3 Å². The zero-order valence-electron chi connectivity index (χ0n) is 13.4. The minimum absolute atomic E-state index is 0.00269. The van der Waals surface area contributed by atoms with Crippen molar-refractivity contribution in [2.75, 3.05) is 13.3 Å². The highest BCUT2D eigenvalue weighted by molar-refractivity contribution is 7.98. The number of nitrogens with zero attached hydrogens (tertiary/aromatic N) is 1. The van der Waals surface area contributed by atoms with Gasteiger partial charge in [-0.15, -0.1) is 11.8 Å². The Morgan fingerprint density at radius 3 is 2.57 bits per heavy atom. The number of rotatable bonds is 4. The summed E-state index contributed by atoms with van der Waals surface area (Å²) in [5, 5.41) is 1.06. The summed E-state index contributed by atoms with van der Waals surface area (Å²) in [6.45, 7) is 1.98.